The molecule has 0 unspecified atom stereocenters. The Labute approximate surface area is 214 Å². The Balaban J connectivity index is 1.02. The first-order valence-electron chi connectivity index (χ1n) is 12.6. The Morgan fingerprint density at radius 3 is 2.83 bits per heavy atom. The first kappa shape index (κ1) is 23.7. The Hall–Kier alpha value is -2.72. The minimum atomic E-state index is -0.844. The summed E-state index contributed by atoms with van der Waals surface area (Å²) >= 11 is 6.08. The molecular formula is C26H32ClN7O2. The van der Waals surface area contributed by atoms with Crippen LogP contribution >= 0.6 is 11.6 Å². The molecule has 1 aromatic carbocycles. The number of hydrogen-bond donors (Lipinski definition) is 4. The van der Waals surface area contributed by atoms with Crippen LogP contribution < -0.4 is 5.73 Å². The van der Waals surface area contributed by atoms with E-state index in [-0.39, 0.29) is 12.0 Å². The average Bonchev–Trinajstić information content (AvgIpc) is 3.50. The molecular weight excluding hydrogens is 478 g/mol. The van der Waals surface area contributed by atoms with Gasteiger partial charge in [-0.05, 0) is 62.9 Å². The van der Waals surface area contributed by atoms with Gasteiger partial charge in [-0.3, -0.25) is 0 Å². The molecule has 9 nitrogen and oxygen atoms in total. The van der Waals surface area contributed by atoms with Gasteiger partial charge < -0.3 is 30.4 Å². The molecule has 0 radical (unpaired) electrons. The van der Waals surface area contributed by atoms with Crippen molar-refractivity contribution in [1.82, 2.24) is 29.4 Å². The largest absolute Gasteiger partial charge is 0.390 e. The summed E-state index contributed by atoms with van der Waals surface area (Å²) in [5.41, 5.74) is 8.62. The lowest BCUT2D eigenvalue weighted by molar-refractivity contribution is -0.00658. The SMILES string of the molecule is CN(C[C@H]1C[C@@H](n2ccc3c(N)ncnc32)[C@H](O)[C@@H]1O)C1CC(CCc2nc3ccc(Cl)cc3[nH]2)C1. The maximum absolute atomic E-state index is 10.9. The fraction of sp³-hybridized carbons (Fsp3) is 0.500. The molecule has 2 fully saturated rings. The molecule has 0 aliphatic heterocycles. The van der Waals surface area contributed by atoms with Crippen LogP contribution in [0.5, 0.6) is 0 Å². The van der Waals surface area contributed by atoms with E-state index in [1.165, 1.54) is 6.33 Å². The number of nitrogens with zero attached hydrogens (tertiary/aromatic N) is 5. The molecule has 2 saturated carbocycles. The van der Waals surface area contributed by atoms with Crippen molar-refractivity contribution in [2.24, 2.45) is 11.8 Å². The van der Waals surface area contributed by atoms with Crippen molar-refractivity contribution < 1.29 is 10.2 Å². The van der Waals surface area contributed by atoms with E-state index >= 15 is 0 Å². The van der Waals surface area contributed by atoms with E-state index in [0.29, 0.717) is 34.9 Å². The normalized spacial score (nSPS) is 28.4. The van der Waals surface area contributed by atoms with Crippen molar-refractivity contribution in [3.05, 3.63) is 47.6 Å². The fourth-order valence-electron chi connectivity index (χ4n) is 6.12. The zero-order valence-corrected chi connectivity index (χ0v) is 21.0. The van der Waals surface area contributed by atoms with Gasteiger partial charge >= 0.3 is 0 Å². The first-order valence-corrected chi connectivity index (χ1v) is 13.0. The van der Waals surface area contributed by atoms with Gasteiger partial charge in [-0.25, -0.2) is 15.0 Å². The summed E-state index contributed by atoms with van der Waals surface area (Å²) in [6.45, 7) is 0.757. The number of aliphatic hydroxyl groups excluding tert-OH is 2. The topological polar surface area (TPSA) is 129 Å². The predicted molar refractivity (Wildman–Crippen MR) is 140 cm³/mol. The third-order valence-corrected chi connectivity index (χ3v) is 8.54. The zero-order chi connectivity index (χ0) is 25.0. The molecule has 0 saturated heterocycles. The molecule has 2 aliphatic carbocycles. The number of anilines is 1. The van der Waals surface area contributed by atoms with Crippen LogP contribution in [0.3, 0.4) is 0 Å². The van der Waals surface area contributed by atoms with Crippen molar-refractivity contribution in [2.75, 3.05) is 19.3 Å². The molecule has 3 aromatic heterocycles. The van der Waals surface area contributed by atoms with Gasteiger partial charge in [0, 0.05) is 36.1 Å². The van der Waals surface area contributed by atoms with Crippen LogP contribution in [-0.2, 0) is 6.42 Å². The molecule has 36 heavy (non-hydrogen) atoms. The zero-order valence-electron chi connectivity index (χ0n) is 20.3. The quantitative estimate of drug-likeness (QED) is 0.301. The van der Waals surface area contributed by atoms with Gasteiger partial charge in [0.2, 0.25) is 0 Å². The van der Waals surface area contributed by atoms with E-state index in [1.807, 2.05) is 35.0 Å². The highest BCUT2D eigenvalue weighted by Gasteiger charge is 2.44. The molecule has 190 valence electrons. The maximum Gasteiger partial charge on any atom is 0.145 e. The molecule has 5 N–H and O–H groups in total. The van der Waals surface area contributed by atoms with Crippen molar-refractivity contribution in [2.45, 2.75) is 56.4 Å². The number of halogens is 1. The summed E-state index contributed by atoms with van der Waals surface area (Å²) in [5.74, 6) is 2.11. The number of benzene rings is 1. The minimum Gasteiger partial charge on any atom is -0.390 e. The predicted octanol–water partition coefficient (Wildman–Crippen LogP) is 3.17. The third kappa shape index (κ3) is 4.24. The number of rotatable bonds is 7. The van der Waals surface area contributed by atoms with Crippen LogP contribution in [0.1, 0.15) is 37.5 Å². The maximum atomic E-state index is 10.9. The minimum absolute atomic E-state index is 0.00643. The van der Waals surface area contributed by atoms with Gasteiger partial charge in [0.1, 0.15) is 29.7 Å². The summed E-state index contributed by atoms with van der Waals surface area (Å²) in [5, 5.41) is 23.2. The number of imidazole rings is 1. The number of aliphatic hydroxyl groups is 2. The van der Waals surface area contributed by atoms with E-state index in [2.05, 4.69) is 31.9 Å². The molecule has 4 atom stereocenters. The standard InChI is InChI=1S/C26H32ClN7O2/c1-33(17-8-14(9-17)2-5-22-31-19-4-3-16(27)11-20(19)32-22)12-15-10-21(24(36)23(15)35)34-7-6-18-25(28)29-13-30-26(18)34/h3-4,6-7,11,13-15,17,21,23-24,35-36H,2,5,8-10,12H2,1H3,(H,31,32)(H2,28,29,30)/t14?,15-,17?,21-,23-,24+/m1/s1. The van der Waals surface area contributed by atoms with Crippen LogP contribution in [0.25, 0.3) is 22.1 Å². The monoisotopic (exact) mass is 509 g/mol. The number of nitrogens with one attached hydrogen (secondary N) is 1. The fourth-order valence-corrected chi connectivity index (χ4v) is 6.30. The van der Waals surface area contributed by atoms with Crippen LogP contribution in [0.15, 0.2) is 36.8 Å². The molecule has 2 aliphatic rings. The van der Waals surface area contributed by atoms with Crippen molar-refractivity contribution in [1.29, 1.82) is 0 Å². The lowest BCUT2D eigenvalue weighted by Gasteiger charge is -2.42. The second kappa shape index (κ2) is 9.30. The van der Waals surface area contributed by atoms with E-state index in [1.54, 1.807) is 0 Å². The number of aryl methyl sites for hydroxylation is 1. The Bertz CT molecular complexity index is 1380. The smallest absolute Gasteiger partial charge is 0.145 e. The number of aromatic amines is 1. The van der Waals surface area contributed by atoms with E-state index in [0.717, 1.165) is 54.5 Å². The van der Waals surface area contributed by atoms with Gasteiger partial charge in [0.05, 0.1) is 28.6 Å². The number of fused-ring (bicyclic) bond motifs is 2. The summed E-state index contributed by atoms with van der Waals surface area (Å²) in [4.78, 5) is 18.8. The molecule has 3 heterocycles. The molecule has 0 spiro atoms. The van der Waals surface area contributed by atoms with Crippen LogP contribution in [0.2, 0.25) is 5.02 Å². The summed E-state index contributed by atoms with van der Waals surface area (Å²) in [6.07, 6.45) is 6.73. The van der Waals surface area contributed by atoms with Gasteiger partial charge in [0.15, 0.2) is 0 Å². The molecule has 6 rings (SSSR count). The highest BCUT2D eigenvalue weighted by atomic mass is 35.5. The number of nitrogen functional groups attached to an aromatic ring is 1. The molecule has 0 amide bonds. The molecule has 4 aromatic rings. The highest BCUT2D eigenvalue weighted by Crippen LogP contribution is 2.40. The van der Waals surface area contributed by atoms with E-state index in [9.17, 15) is 10.2 Å². The Morgan fingerprint density at radius 2 is 2.00 bits per heavy atom. The van der Waals surface area contributed by atoms with Crippen LogP contribution in [0.4, 0.5) is 5.82 Å². The number of H-pyrrole nitrogens is 1. The third-order valence-electron chi connectivity index (χ3n) is 8.31. The lowest BCUT2D eigenvalue weighted by atomic mass is 9.76. The Kier molecular flexibility index (Phi) is 6.11. The van der Waals surface area contributed by atoms with Gasteiger partial charge in [-0.1, -0.05) is 11.6 Å². The molecule has 0 bridgehead atoms. The Morgan fingerprint density at radius 1 is 1.17 bits per heavy atom. The van der Waals surface area contributed by atoms with E-state index in [4.69, 9.17) is 17.3 Å². The number of aromatic nitrogens is 5. The highest BCUT2D eigenvalue weighted by molar-refractivity contribution is 6.31. The molecule has 10 heteroatoms. The van der Waals surface area contributed by atoms with Gasteiger partial charge in [-0.15, -0.1) is 0 Å². The second-order valence-corrected chi connectivity index (χ2v) is 11.0. The lowest BCUT2D eigenvalue weighted by Crippen LogP contribution is -2.46. The van der Waals surface area contributed by atoms with Crippen molar-refractivity contribution in [3.8, 4) is 0 Å². The van der Waals surface area contributed by atoms with Crippen molar-refractivity contribution in [3.63, 3.8) is 0 Å². The summed E-state index contributed by atoms with van der Waals surface area (Å²) in [7, 11) is 2.13. The van der Waals surface area contributed by atoms with E-state index < -0.39 is 12.2 Å². The number of hydrogen-bond acceptors (Lipinski definition) is 7. The first-order chi connectivity index (χ1) is 17.4. The van der Waals surface area contributed by atoms with Gasteiger partial charge in [-0.2, -0.15) is 0 Å². The van der Waals surface area contributed by atoms with Crippen LogP contribution in [-0.4, -0.2) is 71.5 Å². The second-order valence-electron chi connectivity index (χ2n) is 10.6. The van der Waals surface area contributed by atoms with Gasteiger partial charge in [0.25, 0.3) is 0 Å². The summed E-state index contributed by atoms with van der Waals surface area (Å²) < 4.78 is 1.94. The summed E-state index contributed by atoms with van der Waals surface area (Å²) in [6, 6.07) is 7.88. The number of nitrogens with two attached hydrogens (primary N) is 1. The average molecular weight is 510 g/mol. The van der Waals surface area contributed by atoms with Crippen LogP contribution in [0, 0.1) is 11.8 Å². The van der Waals surface area contributed by atoms with Crippen molar-refractivity contribution >= 4 is 39.5 Å².